The summed E-state index contributed by atoms with van der Waals surface area (Å²) >= 11 is 3.92. The number of halogens is 1. The fourth-order valence-corrected chi connectivity index (χ4v) is 7.40. The van der Waals surface area contributed by atoms with Gasteiger partial charge in [0.25, 0.3) is 0 Å². The van der Waals surface area contributed by atoms with Crippen molar-refractivity contribution in [3.8, 4) is 11.5 Å². The number of ketones is 1. The Labute approximate surface area is 174 Å². The zero-order valence-electron chi connectivity index (χ0n) is 16.6. The van der Waals surface area contributed by atoms with Crippen LogP contribution in [-0.2, 0) is 9.53 Å². The third kappa shape index (κ3) is 3.34. The molecule has 0 radical (unpaired) electrons. The molecule has 4 aliphatic carbocycles. The molecule has 4 bridgehead atoms. The minimum atomic E-state index is -0.853. The first-order chi connectivity index (χ1) is 13.3. The normalized spacial score (nSPS) is 34.0. The smallest absolute Gasteiger partial charge is 0.312 e. The van der Waals surface area contributed by atoms with Crippen LogP contribution in [0.15, 0.2) is 18.2 Å². The van der Waals surface area contributed by atoms with E-state index in [0.29, 0.717) is 28.9 Å². The maximum Gasteiger partial charge on any atom is 0.312 e. The Balaban J connectivity index is 1.50. The molecule has 1 aromatic carbocycles. The van der Waals surface area contributed by atoms with Crippen LogP contribution in [-0.4, -0.2) is 36.4 Å². The molecule has 28 heavy (non-hydrogen) atoms. The summed E-state index contributed by atoms with van der Waals surface area (Å²) in [5.41, 5.74) is -0.0439. The fourth-order valence-electron chi connectivity index (χ4n) is 5.95. The van der Waals surface area contributed by atoms with Gasteiger partial charge in [-0.1, -0.05) is 15.9 Å². The molecule has 0 unspecified atom stereocenters. The van der Waals surface area contributed by atoms with Gasteiger partial charge < -0.3 is 14.2 Å². The summed E-state index contributed by atoms with van der Waals surface area (Å²) < 4.78 is 16.3. The van der Waals surface area contributed by atoms with E-state index in [1.165, 1.54) is 13.5 Å². The number of rotatable bonds is 6. The highest BCUT2D eigenvalue weighted by Gasteiger charge is 2.60. The first-order valence-electron chi connectivity index (χ1n) is 9.94. The summed E-state index contributed by atoms with van der Waals surface area (Å²) in [7, 11) is 3.07. The molecule has 1 aromatic rings. The molecule has 0 saturated heterocycles. The van der Waals surface area contributed by atoms with E-state index in [9.17, 15) is 9.59 Å². The topological polar surface area (TPSA) is 61.8 Å². The van der Waals surface area contributed by atoms with E-state index in [2.05, 4.69) is 15.9 Å². The Bertz CT molecular complexity index is 790. The number of hydrogen-bond donors (Lipinski definition) is 0. The van der Waals surface area contributed by atoms with Crippen molar-refractivity contribution in [3.05, 3.63) is 23.8 Å². The van der Waals surface area contributed by atoms with E-state index >= 15 is 0 Å². The predicted molar refractivity (Wildman–Crippen MR) is 108 cm³/mol. The maximum absolute atomic E-state index is 13.2. The van der Waals surface area contributed by atoms with E-state index in [1.54, 1.807) is 32.2 Å². The van der Waals surface area contributed by atoms with Crippen molar-refractivity contribution < 1.29 is 23.8 Å². The number of hydrogen-bond acceptors (Lipinski definition) is 5. The first-order valence-corrected chi connectivity index (χ1v) is 10.7. The summed E-state index contributed by atoms with van der Waals surface area (Å²) in [5.74, 6) is 1.72. The molecule has 0 N–H and O–H groups in total. The van der Waals surface area contributed by atoms with E-state index in [4.69, 9.17) is 14.2 Å². The van der Waals surface area contributed by atoms with Gasteiger partial charge in [-0.2, -0.15) is 0 Å². The molecule has 4 aliphatic rings. The van der Waals surface area contributed by atoms with Gasteiger partial charge in [0.05, 0.1) is 25.2 Å². The second-order valence-corrected chi connectivity index (χ2v) is 10.6. The Morgan fingerprint density at radius 3 is 2.36 bits per heavy atom. The molecule has 5 rings (SSSR count). The summed E-state index contributed by atoms with van der Waals surface area (Å²) in [6.45, 7) is 1.65. The largest absolute Gasteiger partial charge is 0.497 e. The van der Waals surface area contributed by atoms with Gasteiger partial charge in [0.2, 0.25) is 5.78 Å². The second-order valence-electron chi connectivity index (χ2n) is 8.87. The molecule has 4 fully saturated rings. The number of alkyl halides is 1. The Hall–Kier alpha value is -1.56. The van der Waals surface area contributed by atoms with Gasteiger partial charge in [-0.25, -0.2) is 0 Å². The summed E-state index contributed by atoms with van der Waals surface area (Å²) in [4.78, 5) is 26.1. The highest BCUT2D eigenvalue weighted by atomic mass is 79.9. The van der Waals surface area contributed by atoms with Crippen LogP contribution in [0.4, 0.5) is 0 Å². The number of Topliss-reactive ketones (excluding diaryl/α,β-unsaturated/α-hetero) is 1. The van der Waals surface area contributed by atoms with Crippen molar-refractivity contribution in [3.63, 3.8) is 0 Å². The van der Waals surface area contributed by atoms with Crippen molar-refractivity contribution in [1.82, 2.24) is 0 Å². The van der Waals surface area contributed by atoms with Crippen LogP contribution in [0.25, 0.3) is 0 Å². The predicted octanol–water partition coefficient (Wildman–Crippen LogP) is 4.55. The van der Waals surface area contributed by atoms with Crippen molar-refractivity contribution in [2.45, 2.75) is 55.9 Å². The zero-order chi connectivity index (χ0) is 20.1. The summed E-state index contributed by atoms with van der Waals surface area (Å²) in [6.07, 6.45) is 5.27. The van der Waals surface area contributed by atoms with Gasteiger partial charge in [0.1, 0.15) is 11.5 Å². The van der Waals surface area contributed by atoms with Crippen molar-refractivity contribution >= 4 is 27.7 Å². The number of carbonyl (C=O) groups is 2. The minimum Gasteiger partial charge on any atom is -0.497 e. The average Bonchev–Trinajstić information content (AvgIpc) is 2.64. The SMILES string of the molecule is COc1ccc(C(=O)[C@H](C)OC(=O)C23C[C@H]4C[C@@H](CC(Br)(C4)C2)C3)c(OC)c1. The molecule has 152 valence electrons. The molecule has 5 nitrogen and oxygen atoms in total. The molecular formula is C22H27BrO5. The van der Waals surface area contributed by atoms with Crippen LogP contribution in [0.1, 0.15) is 55.8 Å². The molecule has 3 atom stereocenters. The van der Waals surface area contributed by atoms with Gasteiger partial charge in [0.15, 0.2) is 6.10 Å². The Kier molecular flexibility index (Phi) is 4.97. The molecule has 0 spiro atoms. The number of esters is 1. The summed E-state index contributed by atoms with van der Waals surface area (Å²) in [6, 6.07) is 5.02. The van der Waals surface area contributed by atoms with Gasteiger partial charge >= 0.3 is 5.97 Å². The lowest BCUT2D eigenvalue weighted by Gasteiger charge is -2.58. The average molecular weight is 451 g/mol. The molecule has 0 heterocycles. The van der Waals surface area contributed by atoms with Gasteiger partial charge in [-0.3, -0.25) is 9.59 Å². The van der Waals surface area contributed by atoms with E-state index < -0.39 is 11.5 Å². The Morgan fingerprint density at radius 2 is 1.79 bits per heavy atom. The highest BCUT2D eigenvalue weighted by molar-refractivity contribution is 9.10. The summed E-state index contributed by atoms with van der Waals surface area (Å²) in [5, 5.41) is 0. The van der Waals surface area contributed by atoms with Crippen molar-refractivity contribution in [1.29, 1.82) is 0 Å². The highest BCUT2D eigenvalue weighted by Crippen LogP contribution is 2.64. The third-order valence-corrected chi connectivity index (χ3v) is 7.68. The molecule has 0 aliphatic heterocycles. The van der Waals surface area contributed by atoms with Crippen LogP contribution < -0.4 is 9.47 Å². The monoisotopic (exact) mass is 450 g/mol. The van der Waals surface area contributed by atoms with E-state index in [1.807, 2.05) is 0 Å². The molecular weight excluding hydrogens is 424 g/mol. The number of ether oxygens (including phenoxy) is 3. The third-order valence-electron chi connectivity index (χ3n) is 6.75. The first kappa shape index (κ1) is 19.7. The number of methoxy groups -OCH3 is 2. The van der Waals surface area contributed by atoms with Gasteiger partial charge in [-0.15, -0.1) is 0 Å². The number of benzene rings is 1. The van der Waals surface area contributed by atoms with E-state index in [-0.39, 0.29) is 16.1 Å². The second kappa shape index (κ2) is 7.05. The molecule has 0 amide bonds. The molecule has 6 heteroatoms. The lowest BCUT2D eigenvalue weighted by molar-refractivity contribution is -0.172. The molecule has 0 aromatic heterocycles. The quantitative estimate of drug-likeness (QED) is 0.361. The van der Waals surface area contributed by atoms with Crippen molar-refractivity contribution in [2.75, 3.05) is 14.2 Å². The van der Waals surface area contributed by atoms with Crippen LogP contribution in [0.2, 0.25) is 0 Å². The standard InChI is InChI=1S/C22H27BrO5/c1-13(19(24)17-5-4-16(26-2)7-18(17)27-3)28-20(25)21-8-14-6-15(9-21)11-22(23,10-14)12-21/h4-5,7,13-15H,6,8-12H2,1-3H3/t13-,14+,15+,21?,22?/m0/s1. The fraction of sp³-hybridized carbons (Fsp3) is 0.636. The zero-order valence-corrected chi connectivity index (χ0v) is 18.2. The minimum absolute atomic E-state index is 0.0720. The van der Waals surface area contributed by atoms with Crippen molar-refractivity contribution in [2.24, 2.45) is 17.3 Å². The lowest BCUT2D eigenvalue weighted by Crippen LogP contribution is -2.56. The maximum atomic E-state index is 13.2. The lowest BCUT2D eigenvalue weighted by atomic mass is 9.49. The van der Waals surface area contributed by atoms with Gasteiger partial charge in [-0.05, 0) is 69.4 Å². The van der Waals surface area contributed by atoms with Crippen LogP contribution in [0, 0.1) is 17.3 Å². The van der Waals surface area contributed by atoms with Crippen LogP contribution in [0.3, 0.4) is 0 Å². The number of carbonyl (C=O) groups excluding carboxylic acids is 2. The Morgan fingerprint density at radius 1 is 1.11 bits per heavy atom. The van der Waals surface area contributed by atoms with E-state index in [0.717, 1.165) is 32.1 Å². The van der Waals surface area contributed by atoms with Crippen LogP contribution >= 0.6 is 15.9 Å². The molecule has 4 saturated carbocycles. The van der Waals surface area contributed by atoms with Crippen LogP contribution in [0.5, 0.6) is 11.5 Å². The van der Waals surface area contributed by atoms with Gasteiger partial charge in [0, 0.05) is 10.4 Å².